The summed E-state index contributed by atoms with van der Waals surface area (Å²) >= 11 is 0. The van der Waals surface area contributed by atoms with Crippen LogP contribution >= 0.6 is 0 Å². The largest absolute Gasteiger partial charge is 0.355 e. The first kappa shape index (κ1) is 16.2. The molecule has 0 atom stereocenters. The molecule has 1 aliphatic rings. The van der Waals surface area contributed by atoms with Crippen LogP contribution in [-0.4, -0.2) is 44.0 Å². The lowest BCUT2D eigenvalue weighted by molar-refractivity contribution is 0.587. The van der Waals surface area contributed by atoms with E-state index in [9.17, 15) is 8.42 Å². The van der Waals surface area contributed by atoms with Crippen LogP contribution in [0.2, 0.25) is 0 Å². The van der Waals surface area contributed by atoms with Crippen LogP contribution in [0.15, 0.2) is 12.3 Å². The summed E-state index contributed by atoms with van der Waals surface area (Å²) in [6, 6.07) is 2.58. The van der Waals surface area contributed by atoms with E-state index in [2.05, 4.69) is 35.1 Å². The number of pyridine rings is 1. The fourth-order valence-corrected chi connectivity index (χ4v) is 3.80. The van der Waals surface area contributed by atoms with Gasteiger partial charge in [0.15, 0.2) is 9.84 Å². The standard InChI is InChI=1S/C15H25N3O2S/c1-12(2)16-10-14-9-13(3)15(17-11-14)18-5-4-7-21(19,20)8-6-18/h9,11-12,16H,4-8,10H2,1-3H3. The summed E-state index contributed by atoms with van der Waals surface area (Å²) in [4.78, 5) is 6.66. The van der Waals surface area contributed by atoms with Crippen LogP contribution in [0.5, 0.6) is 0 Å². The smallest absolute Gasteiger partial charge is 0.152 e. The molecule has 0 unspecified atom stereocenters. The zero-order chi connectivity index (χ0) is 15.5. The predicted molar refractivity (Wildman–Crippen MR) is 86.4 cm³/mol. The van der Waals surface area contributed by atoms with Crippen molar-refractivity contribution in [3.63, 3.8) is 0 Å². The zero-order valence-corrected chi connectivity index (χ0v) is 13.9. The van der Waals surface area contributed by atoms with Crippen LogP contribution in [0, 0.1) is 6.92 Å². The third kappa shape index (κ3) is 4.68. The van der Waals surface area contributed by atoms with Gasteiger partial charge in [-0.05, 0) is 30.5 Å². The summed E-state index contributed by atoms with van der Waals surface area (Å²) in [5.41, 5.74) is 2.27. The number of nitrogens with zero attached hydrogens (tertiary/aromatic N) is 2. The summed E-state index contributed by atoms with van der Waals surface area (Å²) in [5, 5.41) is 3.38. The molecule has 21 heavy (non-hydrogen) atoms. The highest BCUT2D eigenvalue weighted by Crippen LogP contribution is 2.20. The minimum atomic E-state index is -2.88. The molecule has 0 aromatic carbocycles. The van der Waals surface area contributed by atoms with Crippen LogP contribution in [-0.2, 0) is 16.4 Å². The number of aryl methyl sites for hydroxylation is 1. The van der Waals surface area contributed by atoms with E-state index >= 15 is 0 Å². The van der Waals surface area contributed by atoms with Crippen molar-refractivity contribution in [3.05, 3.63) is 23.4 Å². The predicted octanol–water partition coefficient (Wildman–Crippen LogP) is 1.51. The molecular formula is C15H25N3O2S. The Bertz CT molecular complexity index is 585. The molecule has 0 radical (unpaired) electrons. The van der Waals surface area contributed by atoms with Gasteiger partial charge in [-0.2, -0.15) is 0 Å². The molecule has 1 aromatic rings. The Morgan fingerprint density at radius 1 is 1.33 bits per heavy atom. The molecule has 1 saturated heterocycles. The Balaban J connectivity index is 2.09. The van der Waals surface area contributed by atoms with Gasteiger partial charge in [0.25, 0.3) is 0 Å². The molecule has 0 spiro atoms. The average Bonchev–Trinajstić information content (AvgIpc) is 2.58. The lowest BCUT2D eigenvalue weighted by Gasteiger charge is -2.23. The van der Waals surface area contributed by atoms with Gasteiger partial charge in [-0.25, -0.2) is 13.4 Å². The Hall–Kier alpha value is -1.14. The molecule has 118 valence electrons. The molecule has 1 N–H and O–H groups in total. The van der Waals surface area contributed by atoms with Crippen molar-refractivity contribution in [1.29, 1.82) is 0 Å². The first-order chi connectivity index (χ1) is 9.87. The Morgan fingerprint density at radius 3 is 2.76 bits per heavy atom. The molecule has 2 rings (SSSR count). The first-order valence-electron chi connectivity index (χ1n) is 7.52. The maximum absolute atomic E-state index is 11.7. The maximum Gasteiger partial charge on any atom is 0.152 e. The minimum absolute atomic E-state index is 0.227. The second kappa shape index (κ2) is 6.75. The van der Waals surface area contributed by atoms with Gasteiger partial charge < -0.3 is 10.2 Å². The quantitative estimate of drug-likeness (QED) is 0.913. The van der Waals surface area contributed by atoms with Gasteiger partial charge in [0.1, 0.15) is 5.82 Å². The van der Waals surface area contributed by atoms with E-state index in [1.807, 2.05) is 13.1 Å². The van der Waals surface area contributed by atoms with Gasteiger partial charge in [-0.1, -0.05) is 13.8 Å². The van der Waals surface area contributed by atoms with E-state index in [4.69, 9.17) is 0 Å². The van der Waals surface area contributed by atoms with Crippen LogP contribution in [0.4, 0.5) is 5.82 Å². The maximum atomic E-state index is 11.7. The fraction of sp³-hybridized carbons (Fsp3) is 0.667. The van der Waals surface area contributed by atoms with Crippen molar-refractivity contribution < 1.29 is 8.42 Å². The van der Waals surface area contributed by atoms with Crippen molar-refractivity contribution >= 4 is 15.7 Å². The topological polar surface area (TPSA) is 62.3 Å². The van der Waals surface area contributed by atoms with Crippen molar-refractivity contribution in [1.82, 2.24) is 10.3 Å². The normalized spacial score (nSPS) is 18.8. The number of sulfone groups is 1. The van der Waals surface area contributed by atoms with Gasteiger partial charge in [0.2, 0.25) is 0 Å². The highest BCUT2D eigenvalue weighted by Gasteiger charge is 2.21. The molecule has 1 fully saturated rings. The van der Waals surface area contributed by atoms with Crippen LogP contribution in [0.25, 0.3) is 0 Å². The molecule has 0 bridgehead atoms. The summed E-state index contributed by atoms with van der Waals surface area (Å²) < 4.78 is 23.4. The SMILES string of the molecule is Cc1cc(CNC(C)C)cnc1N1CCCS(=O)(=O)CC1. The number of rotatable bonds is 4. The van der Waals surface area contributed by atoms with Gasteiger partial charge in [0.05, 0.1) is 11.5 Å². The van der Waals surface area contributed by atoms with Crippen LogP contribution in [0.1, 0.15) is 31.4 Å². The number of hydrogen-bond acceptors (Lipinski definition) is 5. The summed E-state index contributed by atoms with van der Waals surface area (Å²) in [5.74, 6) is 1.43. The van der Waals surface area contributed by atoms with Gasteiger partial charge in [-0.3, -0.25) is 0 Å². The molecule has 0 aliphatic carbocycles. The minimum Gasteiger partial charge on any atom is -0.355 e. The van der Waals surface area contributed by atoms with E-state index in [-0.39, 0.29) is 5.75 Å². The second-order valence-corrected chi connectivity index (χ2v) is 8.32. The Morgan fingerprint density at radius 2 is 2.10 bits per heavy atom. The lowest BCUT2D eigenvalue weighted by Crippen LogP contribution is -2.28. The van der Waals surface area contributed by atoms with Crippen LogP contribution < -0.4 is 10.2 Å². The molecule has 1 aromatic heterocycles. The summed E-state index contributed by atoms with van der Waals surface area (Å²) in [7, 11) is -2.88. The summed E-state index contributed by atoms with van der Waals surface area (Å²) in [6.07, 6.45) is 2.57. The van der Waals surface area contributed by atoms with Crippen molar-refractivity contribution in [2.45, 2.75) is 39.8 Å². The molecule has 5 nitrogen and oxygen atoms in total. The van der Waals surface area contributed by atoms with E-state index in [1.54, 1.807) is 0 Å². The molecule has 1 aliphatic heterocycles. The number of hydrogen-bond donors (Lipinski definition) is 1. The Labute approximate surface area is 127 Å². The van der Waals surface area contributed by atoms with E-state index in [0.29, 0.717) is 24.8 Å². The highest BCUT2D eigenvalue weighted by atomic mass is 32.2. The fourth-order valence-electron chi connectivity index (χ4n) is 2.53. The molecular weight excluding hydrogens is 286 g/mol. The number of nitrogens with one attached hydrogen (secondary N) is 1. The molecule has 0 amide bonds. The second-order valence-electron chi connectivity index (χ2n) is 6.01. The van der Waals surface area contributed by atoms with Crippen LogP contribution in [0.3, 0.4) is 0 Å². The Kier molecular flexibility index (Phi) is 5.22. The third-order valence-electron chi connectivity index (χ3n) is 3.68. The molecule has 6 heteroatoms. The lowest BCUT2D eigenvalue weighted by atomic mass is 10.2. The van der Waals surface area contributed by atoms with Gasteiger partial charge >= 0.3 is 0 Å². The summed E-state index contributed by atoms with van der Waals surface area (Å²) in [6.45, 7) is 8.38. The van der Waals surface area contributed by atoms with E-state index in [0.717, 1.165) is 30.0 Å². The average molecular weight is 311 g/mol. The number of anilines is 1. The van der Waals surface area contributed by atoms with Crippen molar-refractivity contribution in [2.75, 3.05) is 29.5 Å². The first-order valence-corrected chi connectivity index (χ1v) is 9.34. The highest BCUT2D eigenvalue weighted by molar-refractivity contribution is 7.91. The van der Waals surface area contributed by atoms with Gasteiger partial charge in [-0.15, -0.1) is 0 Å². The zero-order valence-electron chi connectivity index (χ0n) is 13.1. The molecule has 2 heterocycles. The molecule has 0 saturated carbocycles. The van der Waals surface area contributed by atoms with E-state index < -0.39 is 9.84 Å². The monoisotopic (exact) mass is 311 g/mol. The van der Waals surface area contributed by atoms with Crippen molar-refractivity contribution in [3.8, 4) is 0 Å². The van der Waals surface area contributed by atoms with Gasteiger partial charge in [0, 0.05) is 31.9 Å². The number of aromatic nitrogens is 1. The van der Waals surface area contributed by atoms with E-state index in [1.165, 1.54) is 0 Å². The third-order valence-corrected chi connectivity index (χ3v) is 5.39. The van der Waals surface area contributed by atoms with Crippen molar-refractivity contribution in [2.24, 2.45) is 0 Å².